The van der Waals surface area contributed by atoms with Gasteiger partial charge in [-0.05, 0) is 62.8 Å². The molecule has 0 bridgehead atoms. The largest absolute Gasteiger partial charge is 0.497 e. The van der Waals surface area contributed by atoms with Crippen LogP contribution < -0.4 is 4.74 Å². The number of ether oxygens (including phenoxy) is 1. The summed E-state index contributed by atoms with van der Waals surface area (Å²) in [5.74, 6) is 1.21. The van der Waals surface area contributed by atoms with Gasteiger partial charge in [-0.25, -0.2) is 0 Å². The van der Waals surface area contributed by atoms with E-state index in [2.05, 4.69) is 28.9 Å². The van der Waals surface area contributed by atoms with Crippen molar-refractivity contribution in [3.05, 3.63) is 29.8 Å². The van der Waals surface area contributed by atoms with Gasteiger partial charge in [0.2, 0.25) is 5.91 Å². The Kier molecular flexibility index (Phi) is 5.77. The van der Waals surface area contributed by atoms with Crippen LogP contribution in [-0.2, 0) is 4.79 Å². The fourth-order valence-corrected chi connectivity index (χ4v) is 4.26. The highest BCUT2D eigenvalue weighted by molar-refractivity contribution is 5.78. The summed E-state index contributed by atoms with van der Waals surface area (Å²) in [6, 6.07) is 9.09. The first-order chi connectivity index (χ1) is 11.7. The van der Waals surface area contributed by atoms with E-state index in [1.54, 1.807) is 7.11 Å². The van der Waals surface area contributed by atoms with Crippen LogP contribution in [0.1, 0.15) is 57.1 Å². The minimum atomic E-state index is 0.316. The van der Waals surface area contributed by atoms with E-state index in [0.29, 0.717) is 24.5 Å². The van der Waals surface area contributed by atoms with Crippen molar-refractivity contribution in [1.82, 2.24) is 9.80 Å². The molecule has 0 aliphatic carbocycles. The van der Waals surface area contributed by atoms with E-state index in [-0.39, 0.29) is 0 Å². The van der Waals surface area contributed by atoms with Gasteiger partial charge in [0.05, 0.1) is 13.7 Å². The van der Waals surface area contributed by atoms with E-state index in [9.17, 15) is 4.79 Å². The first-order valence-corrected chi connectivity index (χ1v) is 9.40. The van der Waals surface area contributed by atoms with E-state index < -0.39 is 0 Å². The van der Waals surface area contributed by atoms with Crippen LogP contribution in [0.5, 0.6) is 5.75 Å². The monoisotopic (exact) mass is 330 g/mol. The minimum absolute atomic E-state index is 0.316. The summed E-state index contributed by atoms with van der Waals surface area (Å²) in [6.45, 7) is 4.71. The summed E-state index contributed by atoms with van der Waals surface area (Å²) in [4.78, 5) is 17.4. The minimum Gasteiger partial charge on any atom is -0.497 e. The van der Waals surface area contributed by atoms with Crippen LogP contribution in [0.15, 0.2) is 24.3 Å². The zero-order chi connectivity index (χ0) is 16.9. The van der Waals surface area contributed by atoms with E-state index in [1.807, 2.05) is 12.1 Å². The molecule has 1 aromatic carbocycles. The molecule has 2 heterocycles. The molecule has 3 rings (SSSR count). The van der Waals surface area contributed by atoms with E-state index in [0.717, 1.165) is 44.5 Å². The van der Waals surface area contributed by atoms with Crippen molar-refractivity contribution in [3.63, 3.8) is 0 Å². The summed E-state index contributed by atoms with van der Waals surface area (Å²) in [5.41, 5.74) is 1.27. The molecule has 0 saturated carbocycles. The van der Waals surface area contributed by atoms with Crippen molar-refractivity contribution >= 4 is 5.91 Å². The predicted molar refractivity (Wildman–Crippen MR) is 96.2 cm³/mol. The topological polar surface area (TPSA) is 32.8 Å². The molecule has 0 N–H and O–H groups in total. The van der Waals surface area contributed by atoms with Crippen LogP contribution in [0.25, 0.3) is 0 Å². The average Bonchev–Trinajstić information content (AvgIpc) is 3.09. The van der Waals surface area contributed by atoms with Crippen LogP contribution in [0.4, 0.5) is 0 Å². The Bertz CT molecular complexity index is 560. The summed E-state index contributed by atoms with van der Waals surface area (Å²) >= 11 is 0. The predicted octanol–water partition coefficient (Wildman–Crippen LogP) is 3.62. The number of carbonyl (C=O) groups excluding carboxylic acids is 1. The number of benzene rings is 1. The molecule has 4 nitrogen and oxygen atoms in total. The number of rotatable bonds is 5. The van der Waals surface area contributed by atoms with Crippen molar-refractivity contribution in [2.24, 2.45) is 0 Å². The quantitative estimate of drug-likeness (QED) is 0.826. The molecule has 1 aromatic rings. The van der Waals surface area contributed by atoms with Crippen LogP contribution >= 0.6 is 0 Å². The average molecular weight is 330 g/mol. The number of nitrogens with zero attached hydrogens (tertiary/aromatic N) is 2. The van der Waals surface area contributed by atoms with Gasteiger partial charge in [-0.2, -0.15) is 0 Å². The zero-order valence-corrected chi connectivity index (χ0v) is 15.0. The van der Waals surface area contributed by atoms with Gasteiger partial charge in [-0.3, -0.25) is 9.69 Å². The standard InChI is InChI=1S/C20H30N2O2/c1-3-17-9-4-5-13-22(17)20(23)15-21-12-7-11-19(21)16-8-6-10-18(14-16)24-2/h6,8,10,14,17,19H,3-5,7,9,11-13,15H2,1-2H3. The van der Waals surface area contributed by atoms with Crippen LogP contribution in [0.3, 0.4) is 0 Å². The Morgan fingerprint density at radius 3 is 2.88 bits per heavy atom. The second-order valence-electron chi connectivity index (χ2n) is 7.05. The molecule has 0 spiro atoms. The van der Waals surface area contributed by atoms with Crippen molar-refractivity contribution in [1.29, 1.82) is 0 Å². The lowest BCUT2D eigenvalue weighted by Crippen LogP contribution is -2.47. The first kappa shape index (κ1) is 17.3. The molecule has 2 fully saturated rings. The molecule has 2 aliphatic heterocycles. The number of amides is 1. The SMILES string of the molecule is CCC1CCCCN1C(=O)CN1CCCC1c1cccc(OC)c1. The molecule has 0 radical (unpaired) electrons. The van der Waals surface area contributed by atoms with Gasteiger partial charge in [-0.1, -0.05) is 19.1 Å². The summed E-state index contributed by atoms with van der Waals surface area (Å²) < 4.78 is 5.36. The maximum absolute atomic E-state index is 12.9. The molecule has 2 atom stereocenters. The number of hydrogen-bond donors (Lipinski definition) is 0. The van der Waals surface area contributed by atoms with Crippen LogP contribution in [0.2, 0.25) is 0 Å². The highest BCUT2D eigenvalue weighted by Gasteiger charge is 2.31. The second kappa shape index (κ2) is 8.02. The third kappa shape index (κ3) is 3.75. The van der Waals surface area contributed by atoms with Gasteiger partial charge in [-0.15, -0.1) is 0 Å². The molecule has 2 aliphatic rings. The molecule has 2 unspecified atom stereocenters. The molecule has 24 heavy (non-hydrogen) atoms. The summed E-state index contributed by atoms with van der Waals surface area (Å²) in [7, 11) is 1.70. The first-order valence-electron chi connectivity index (χ1n) is 9.40. The molecule has 0 aromatic heterocycles. The molecule has 1 amide bonds. The highest BCUT2D eigenvalue weighted by atomic mass is 16.5. The fourth-order valence-electron chi connectivity index (χ4n) is 4.26. The van der Waals surface area contributed by atoms with Crippen molar-refractivity contribution in [3.8, 4) is 5.75 Å². The van der Waals surface area contributed by atoms with Crippen LogP contribution in [0, 0.1) is 0 Å². The third-order valence-electron chi connectivity index (χ3n) is 5.60. The Morgan fingerprint density at radius 2 is 2.08 bits per heavy atom. The van der Waals surface area contributed by atoms with Gasteiger partial charge < -0.3 is 9.64 Å². The molecular weight excluding hydrogens is 300 g/mol. The number of carbonyl (C=O) groups is 1. The highest BCUT2D eigenvalue weighted by Crippen LogP contribution is 2.33. The van der Waals surface area contributed by atoms with E-state index in [1.165, 1.54) is 18.4 Å². The number of likely N-dealkylation sites (tertiary alicyclic amines) is 2. The molecule has 4 heteroatoms. The van der Waals surface area contributed by atoms with Crippen molar-refractivity contribution < 1.29 is 9.53 Å². The number of hydrogen-bond acceptors (Lipinski definition) is 3. The van der Waals surface area contributed by atoms with Gasteiger partial charge in [0.25, 0.3) is 0 Å². The fraction of sp³-hybridized carbons (Fsp3) is 0.650. The van der Waals surface area contributed by atoms with Crippen molar-refractivity contribution in [2.45, 2.75) is 57.5 Å². The maximum atomic E-state index is 12.9. The Morgan fingerprint density at radius 1 is 1.21 bits per heavy atom. The zero-order valence-electron chi connectivity index (χ0n) is 15.0. The lowest BCUT2D eigenvalue weighted by atomic mass is 10.00. The summed E-state index contributed by atoms with van der Waals surface area (Å²) in [6.07, 6.45) is 6.94. The van der Waals surface area contributed by atoms with Crippen molar-refractivity contribution in [2.75, 3.05) is 26.7 Å². The molecule has 132 valence electrons. The number of piperidine rings is 1. The lowest BCUT2D eigenvalue weighted by Gasteiger charge is -2.37. The Hall–Kier alpha value is -1.55. The lowest BCUT2D eigenvalue weighted by molar-refractivity contribution is -0.136. The van der Waals surface area contributed by atoms with Gasteiger partial charge in [0.1, 0.15) is 5.75 Å². The molecule has 2 saturated heterocycles. The third-order valence-corrected chi connectivity index (χ3v) is 5.60. The Balaban J connectivity index is 1.68. The van der Waals surface area contributed by atoms with Gasteiger partial charge >= 0.3 is 0 Å². The van der Waals surface area contributed by atoms with Gasteiger partial charge in [0, 0.05) is 18.6 Å². The molecular formula is C20H30N2O2. The maximum Gasteiger partial charge on any atom is 0.237 e. The van der Waals surface area contributed by atoms with Gasteiger partial charge in [0.15, 0.2) is 0 Å². The van der Waals surface area contributed by atoms with E-state index >= 15 is 0 Å². The van der Waals surface area contributed by atoms with E-state index in [4.69, 9.17) is 4.74 Å². The number of methoxy groups -OCH3 is 1. The normalized spacial score (nSPS) is 25.0. The second-order valence-corrected chi connectivity index (χ2v) is 7.05. The summed E-state index contributed by atoms with van der Waals surface area (Å²) in [5, 5.41) is 0. The van der Waals surface area contributed by atoms with Crippen LogP contribution in [-0.4, -0.2) is 48.5 Å². The smallest absolute Gasteiger partial charge is 0.237 e. The Labute approximate surface area is 145 Å².